The fourth-order valence-electron chi connectivity index (χ4n) is 1.68. The zero-order valence-electron chi connectivity index (χ0n) is 10.5. The molecule has 0 fully saturated rings. The Morgan fingerprint density at radius 3 is 2.40 bits per heavy atom. The summed E-state index contributed by atoms with van der Waals surface area (Å²) >= 11 is 0. The highest BCUT2D eigenvalue weighted by Crippen LogP contribution is 2.10. The fraction of sp³-hybridized carbons (Fsp3) is 0.0714. The largest absolute Gasteiger partial charge is 0.478 e. The number of hydrogen-bond acceptors (Lipinski definition) is 3. The van der Waals surface area contributed by atoms with E-state index in [4.69, 9.17) is 5.11 Å². The van der Waals surface area contributed by atoms with Gasteiger partial charge in [0.1, 0.15) is 0 Å². The van der Waals surface area contributed by atoms with Crippen molar-refractivity contribution in [2.45, 2.75) is 11.4 Å². The Morgan fingerprint density at radius 2 is 1.75 bits per heavy atom. The third-order valence-electron chi connectivity index (χ3n) is 2.69. The van der Waals surface area contributed by atoms with Gasteiger partial charge in [0.2, 0.25) is 10.0 Å². The zero-order valence-corrected chi connectivity index (χ0v) is 11.3. The van der Waals surface area contributed by atoms with Gasteiger partial charge in [-0.1, -0.05) is 30.3 Å². The van der Waals surface area contributed by atoms with Crippen LogP contribution in [-0.2, 0) is 16.6 Å². The van der Waals surface area contributed by atoms with Gasteiger partial charge >= 0.3 is 5.97 Å². The SMILES string of the molecule is O=C(O)c1cccc(CNS(=O)(=O)c2ccccc2)c1. The second-order valence-corrected chi connectivity index (χ2v) is 5.91. The second kappa shape index (κ2) is 5.85. The van der Waals surface area contributed by atoms with E-state index in [1.54, 1.807) is 30.3 Å². The highest BCUT2D eigenvalue weighted by atomic mass is 32.2. The van der Waals surface area contributed by atoms with Gasteiger partial charge in [-0.25, -0.2) is 17.9 Å². The summed E-state index contributed by atoms with van der Waals surface area (Å²) in [4.78, 5) is 11.0. The van der Waals surface area contributed by atoms with Crippen LogP contribution in [0.5, 0.6) is 0 Å². The van der Waals surface area contributed by atoms with Crippen LogP contribution in [0.15, 0.2) is 59.5 Å². The van der Waals surface area contributed by atoms with Gasteiger partial charge < -0.3 is 5.11 Å². The highest BCUT2D eigenvalue weighted by molar-refractivity contribution is 7.89. The lowest BCUT2D eigenvalue weighted by atomic mass is 10.1. The monoisotopic (exact) mass is 291 g/mol. The number of carboxylic acids is 1. The molecule has 0 spiro atoms. The highest BCUT2D eigenvalue weighted by Gasteiger charge is 2.13. The minimum Gasteiger partial charge on any atom is -0.478 e. The van der Waals surface area contributed by atoms with Gasteiger partial charge in [-0.05, 0) is 29.8 Å². The molecule has 0 saturated carbocycles. The molecule has 20 heavy (non-hydrogen) atoms. The molecule has 0 aliphatic rings. The normalized spacial score (nSPS) is 11.2. The smallest absolute Gasteiger partial charge is 0.335 e. The number of hydrogen-bond donors (Lipinski definition) is 2. The summed E-state index contributed by atoms with van der Waals surface area (Å²) in [7, 11) is -3.59. The quantitative estimate of drug-likeness (QED) is 0.880. The lowest BCUT2D eigenvalue weighted by molar-refractivity contribution is 0.0696. The number of carboxylic acid groups (broad SMARTS) is 1. The average molecular weight is 291 g/mol. The maximum Gasteiger partial charge on any atom is 0.335 e. The molecule has 0 unspecified atom stereocenters. The Hall–Kier alpha value is -2.18. The van der Waals surface area contributed by atoms with Crippen LogP contribution in [0.25, 0.3) is 0 Å². The first-order valence-corrected chi connectivity index (χ1v) is 7.34. The molecule has 2 aromatic rings. The van der Waals surface area contributed by atoms with E-state index in [0.717, 1.165) is 0 Å². The molecule has 0 saturated heterocycles. The molecule has 2 aromatic carbocycles. The van der Waals surface area contributed by atoms with Crippen LogP contribution in [0.3, 0.4) is 0 Å². The number of rotatable bonds is 5. The van der Waals surface area contributed by atoms with Crippen molar-refractivity contribution >= 4 is 16.0 Å². The van der Waals surface area contributed by atoms with Crippen LogP contribution in [0.2, 0.25) is 0 Å². The summed E-state index contributed by atoms with van der Waals surface area (Å²) in [6, 6.07) is 14.1. The second-order valence-electron chi connectivity index (χ2n) is 4.14. The summed E-state index contributed by atoms with van der Waals surface area (Å²) in [6.07, 6.45) is 0. The zero-order chi connectivity index (χ0) is 14.6. The average Bonchev–Trinajstić information content (AvgIpc) is 2.46. The molecule has 0 amide bonds. The molecule has 2 rings (SSSR count). The summed E-state index contributed by atoms with van der Waals surface area (Å²) < 4.78 is 26.4. The van der Waals surface area contributed by atoms with Crippen LogP contribution < -0.4 is 4.72 Å². The van der Waals surface area contributed by atoms with Crippen molar-refractivity contribution in [1.29, 1.82) is 0 Å². The molecular formula is C14H13NO4S. The number of carbonyl (C=O) groups is 1. The van der Waals surface area contributed by atoms with Gasteiger partial charge in [-0.15, -0.1) is 0 Å². The number of benzene rings is 2. The molecule has 0 aliphatic carbocycles. The molecule has 104 valence electrons. The van der Waals surface area contributed by atoms with Crippen LogP contribution in [0.1, 0.15) is 15.9 Å². The molecule has 0 aromatic heterocycles. The lowest BCUT2D eigenvalue weighted by Gasteiger charge is -2.07. The predicted molar refractivity (Wildman–Crippen MR) is 73.9 cm³/mol. The van der Waals surface area contributed by atoms with E-state index in [0.29, 0.717) is 5.56 Å². The third kappa shape index (κ3) is 3.43. The first-order chi connectivity index (χ1) is 9.49. The van der Waals surface area contributed by atoms with Gasteiger partial charge in [-0.3, -0.25) is 0 Å². The van der Waals surface area contributed by atoms with E-state index < -0.39 is 16.0 Å². The van der Waals surface area contributed by atoms with E-state index >= 15 is 0 Å². The minimum atomic E-state index is -3.59. The first kappa shape index (κ1) is 14.2. The Morgan fingerprint density at radius 1 is 1.05 bits per heavy atom. The Balaban J connectivity index is 2.13. The van der Waals surface area contributed by atoms with Crippen molar-refractivity contribution < 1.29 is 18.3 Å². The van der Waals surface area contributed by atoms with Crippen molar-refractivity contribution in [3.8, 4) is 0 Å². The molecule has 0 atom stereocenters. The van der Waals surface area contributed by atoms with Crippen LogP contribution in [0.4, 0.5) is 0 Å². The predicted octanol–water partition coefficient (Wildman–Crippen LogP) is 1.86. The molecule has 0 bridgehead atoms. The van der Waals surface area contributed by atoms with Crippen molar-refractivity contribution in [3.05, 3.63) is 65.7 Å². The maximum absolute atomic E-state index is 12.0. The molecule has 6 heteroatoms. The Bertz CT molecular complexity index is 711. The van der Waals surface area contributed by atoms with E-state index in [2.05, 4.69) is 4.72 Å². The van der Waals surface area contributed by atoms with Crippen molar-refractivity contribution in [2.75, 3.05) is 0 Å². The van der Waals surface area contributed by atoms with Crippen molar-refractivity contribution in [3.63, 3.8) is 0 Å². The van der Waals surface area contributed by atoms with Gasteiger partial charge in [0, 0.05) is 6.54 Å². The summed E-state index contributed by atoms with van der Waals surface area (Å²) in [5, 5.41) is 8.88. The van der Waals surface area contributed by atoms with Crippen LogP contribution >= 0.6 is 0 Å². The van der Waals surface area contributed by atoms with Gasteiger partial charge in [0.25, 0.3) is 0 Å². The van der Waals surface area contributed by atoms with E-state index in [-0.39, 0.29) is 17.0 Å². The molecule has 2 N–H and O–H groups in total. The minimum absolute atomic E-state index is 0.0400. The summed E-state index contributed by atoms with van der Waals surface area (Å²) in [5.41, 5.74) is 0.714. The molecular weight excluding hydrogens is 278 g/mol. The van der Waals surface area contributed by atoms with Crippen molar-refractivity contribution in [1.82, 2.24) is 4.72 Å². The molecule has 0 aliphatic heterocycles. The molecule has 5 nitrogen and oxygen atoms in total. The fourth-order valence-corrected chi connectivity index (χ4v) is 2.71. The van der Waals surface area contributed by atoms with Crippen LogP contribution in [-0.4, -0.2) is 19.5 Å². The standard InChI is InChI=1S/C14H13NO4S/c16-14(17)12-6-4-5-11(9-12)10-15-20(18,19)13-7-2-1-3-8-13/h1-9,15H,10H2,(H,16,17). The van der Waals surface area contributed by atoms with Gasteiger partial charge in [-0.2, -0.15) is 0 Å². The van der Waals surface area contributed by atoms with E-state index in [9.17, 15) is 13.2 Å². The Kier molecular flexibility index (Phi) is 4.16. The number of aromatic carboxylic acids is 1. The topological polar surface area (TPSA) is 83.5 Å². The van der Waals surface area contributed by atoms with E-state index in [1.807, 2.05) is 0 Å². The lowest BCUT2D eigenvalue weighted by Crippen LogP contribution is -2.23. The van der Waals surface area contributed by atoms with E-state index in [1.165, 1.54) is 24.3 Å². The summed E-state index contributed by atoms with van der Waals surface area (Å²) in [5.74, 6) is -1.04. The molecule has 0 radical (unpaired) electrons. The van der Waals surface area contributed by atoms with Crippen molar-refractivity contribution in [2.24, 2.45) is 0 Å². The maximum atomic E-state index is 12.0. The first-order valence-electron chi connectivity index (χ1n) is 5.86. The number of nitrogens with one attached hydrogen (secondary N) is 1. The van der Waals surface area contributed by atoms with Crippen LogP contribution in [0, 0.1) is 0 Å². The van der Waals surface area contributed by atoms with Gasteiger partial charge in [0.05, 0.1) is 10.5 Å². The van der Waals surface area contributed by atoms with Gasteiger partial charge in [0.15, 0.2) is 0 Å². The Labute approximate surface area is 116 Å². The summed E-state index contributed by atoms with van der Waals surface area (Å²) in [6.45, 7) is 0.0400. The third-order valence-corrected chi connectivity index (χ3v) is 4.11. The number of sulfonamides is 1. The molecule has 0 heterocycles.